The lowest BCUT2D eigenvalue weighted by Crippen LogP contribution is -2.26. The third kappa shape index (κ3) is 2.90. The molecule has 0 aliphatic heterocycles. The Morgan fingerprint density at radius 1 is 1.37 bits per heavy atom. The summed E-state index contributed by atoms with van der Waals surface area (Å²) in [5, 5.41) is 6.50. The number of aromatic nitrogens is 2. The van der Waals surface area contributed by atoms with Crippen molar-refractivity contribution in [3.05, 3.63) is 41.5 Å². The van der Waals surface area contributed by atoms with Gasteiger partial charge in [0.25, 0.3) is 11.7 Å². The van der Waals surface area contributed by atoms with Crippen LogP contribution in [0.4, 0.5) is 5.69 Å². The van der Waals surface area contributed by atoms with E-state index in [2.05, 4.69) is 15.5 Å². The molecule has 1 heterocycles. The van der Waals surface area contributed by atoms with Crippen LogP contribution in [0.15, 0.2) is 28.8 Å². The summed E-state index contributed by atoms with van der Waals surface area (Å²) in [4.78, 5) is 15.8. The number of rotatable bonds is 4. The zero-order valence-corrected chi connectivity index (χ0v) is 10.3. The minimum absolute atomic E-state index is 0.0948. The first-order valence-corrected chi connectivity index (χ1v) is 6.18. The van der Waals surface area contributed by atoms with Crippen molar-refractivity contribution in [3.8, 4) is 0 Å². The zero-order valence-electron chi connectivity index (χ0n) is 10.3. The van der Waals surface area contributed by atoms with Gasteiger partial charge in [-0.3, -0.25) is 4.79 Å². The highest BCUT2D eigenvalue weighted by atomic mass is 16.5. The predicted molar refractivity (Wildman–Crippen MR) is 68.4 cm³/mol. The molecule has 2 aromatic rings. The number of nitrogens with two attached hydrogens (primary N) is 1. The van der Waals surface area contributed by atoms with Crippen LogP contribution in [0, 0.1) is 0 Å². The van der Waals surface area contributed by atoms with Crippen molar-refractivity contribution in [2.45, 2.75) is 25.3 Å². The number of benzene rings is 1. The van der Waals surface area contributed by atoms with E-state index in [9.17, 15) is 4.79 Å². The van der Waals surface area contributed by atoms with Gasteiger partial charge in [-0.25, -0.2) is 0 Å². The molecule has 0 atom stereocenters. The highest BCUT2D eigenvalue weighted by molar-refractivity contribution is 5.90. The Bertz CT molecular complexity index is 587. The first kappa shape index (κ1) is 11.7. The van der Waals surface area contributed by atoms with Gasteiger partial charge in [-0.1, -0.05) is 17.3 Å². The zero-order chi connectivity index (χ0) is 13.2. The minimum atomic E-state index is -0.269. The summed E-state index contributed by atoms with van der Waals surface area (Å²) < 4.78 is 5.07. The molecule has 1 aliphatic rings. The first-order valence-electron chi connectivity index (χ1n) is 6.18. The number of anilines is 1. The Hall–Kier alpha value is -2.37. The van der Waals surface area contributed by atoms with Crippen molar-refractivity contribution in [1.29, 1.82) is 0 Å². The van der Waals surface area contributed by atoms with Crippen molar-refractivity contribution >= 4 is 11.6 Å². The minimum Gasteiger partial charge on any atom is -0.399 e. The number of amides is 1. The van der Waals surface area contributed by atoms with Crippen LogP contribution >= 0.6 is 0 Å². The lowest BCUT2D eigenvalue weighted by molar-refractivity contribution is 0.0937. The lowest BCUT2D eigenvalue weighted by atomic mass is 10.1. The molecule has 1 saturated carbocycles. The summed E-state index contributed by atoms with van der Waals surface area (Å²) in [6.07, 6.45) is 2.55. The van der Waals surface area contributed by atoms with E-state index in [0.29, 0.717) is 18.0 Å². The molecule has 0 radical (unpaired) electrons. The van der Waals surface area contributed by atoms with Gasteiger partial charge in [0.2, 0.25) is 5.89 Å². The van der Waals surface area contributed by atoms with Crippen LogP contribution in [0.3, 0.4) is 0 Å². The van der Waals surface area contributed by atoms with Gasteiger partial charge in [0.15, 0.2) is 0 Å². The largest absolute Gasteiger partial charge is 0.399 e. The Kier molecular flexibility index (Phi) is 2.91. The number of hydrogen-bond donors (Lipinski definition) is 2. The number of hydrogen-bond acceptors (Lipinski definition) is 5. The van der Waals surface area contributed by atoms with E-state index < -0.39 is 0 Å². The van der Waals surface area contributed by atoms with Crippen LogP contribution in [0.5, 0.6) is 0 Å². The van der Waals surface area contributed by atoms with Crippen LogP contribution in [-0.2, 0) is 6.42 Å². The maximum Gasteiger partial charge on any atom is 0.292 e. The highest BCUT2D eigenvalue weighted by Gasteiger charge is 2.26. The fraction of sp³-hybridized carbons (Fsp3) is 0.308. The maximum atomic E-state index is 11.7. The molecular formula is C13H14N4O2. The Morgan fingerprint density at radius 2 is 2.11 bits per heavy atom. The number of carbonyl (C=O) groups excluding carboxylic acids is 1. The molecule has 3 N–H and O–H groups in total. The number of nitrogens with one attached hydrogen (secondary N) is 1. The van der Waals surface area contributed by atoms with Gasteiger partial charge in [0.1, 0.15) is 0 Å². The van der Waals surface area contributed by atoms with E-state index >= 15 is 0 Å². The van der Waals surface area contributed by atoms with E-state index in [0.717, 1.165) is 18.4 Å². The van der Waals surface area contributed by atoms with E-state index in [1.165, 1.54) is 0 Å². The van der Waals surface area contributed by atoms with Crippen LogP contribution < -0.4 is 11.1 Å². The van der Waals surface area contributed by atoms with Crippen molar-refractivity contribution in [2.75, 3.05) is 5.73 Å². The van der Waals surface area contributed by atoms with Gasteiger partial charge in [0, 0.05) is 11.7 Å². The fourth-order valence-corrected chi connectivity index (χ4v) is 1.71. The van der Waals surface area contributed by atoms with Gasteiger partial charge in [-0.05, 0) is 30.5 Å². The molecule has 19 heavy (non-hydrogen) atoms. The highest BCUT2D eigenvalue weighted by Crippen LogP contribution is 2.19. The van der Waals surface area contributed by atoms with E-state index in [1.54, 1.807) is 0 Å². The van der Waals surface area contributed by atoms with Crippen LogP contribution in [0.25, 0.3) is 0 Å². The van der Waals surface area contributed by atoms with Gasteiger partial charge < -0.3 is 15.6 Å². The predicted octanol–water partition coefficient (Wildman–Crippen LogP) is 1.13. The fourth-order valence-electron chi connectivity index (χ4n) is 1.71. The van der Waals surface area contributed by atoms with Gasteiger partial charge in [-0.15, -0.1) is 0 Å². The van der Waals surface area contributed by atoms with E-state index in [4.69, 9.17) is 10.3 Å². The summed E-state index contributed by atoms with van der Waals surface area (Å²) >= 11 is 0. The monoisotopic (exact) mass is 258 g/mol. The van der Waals surface area contributed by atoms with Crippen LogP contribution in [0.1, 0.15) is 34.9 Å². The second-order valence-corrected chi connectivity index (χ2v) is 4.68. The first-order chi connectivity index (χ1) is 9.20. The lowest BCUT2D eigenvalue weighted by Gasteiger charge is -1.97. The summed E-state index contributed by atoms with van der Waals surface area (Å²) in [7, 11) is 0. The molecule has 6 nitrogen and oxygen atoms in total. The average Bonchev–Trinajstić information content (AvgIpc) is 3.08. The molecule has 1 aromatic carbocycles. The molecule has 1 fully saturated rings. The summed E-state index contributed by atoms with van der Waals surface area (Å²) in [6.45, 7) is 0. The molecule has 0 saturated heterocycles. The second kappa shape index (κ2) is 4.72. The van der Waals surface area contributed by atoms with Crippen molar-refractivity contribution in [2.24, 2.45) is 0 Å². The smallest absolute Gasteiger partial charge is 0.292 e. The quantitative estimate of drug-likeness (QED) is 0.802. The maximum absolute atomic E-state index is 11.7. The Labute approximate surface area is 110 Å². The van der Waals surface area contributed by atoms with Crippen molar-refractivity contribution in [1.82, 2.24) is 15.5 Å². The SMILES string of the molecule is Nc1ccc(Cc2nc(C(=O)NC3CC3)no2)cc1. The van der Waals surface area contributed by atoms with Crippen molar-refractivity contribution in [3.63, 3.8) is 0 Å². The number of nitrogen functional groups attached to an aromatic ring is 1. The summed E-state index contributed by atoms with van der Waals surface area (Å²) in [6, 6.07) is 7.69. The van der Waals surface area contributed by atoms with Crippen LogP contribution in [-0.4, -0.2) is 22.1 Å². The number of carbonyl (C=O) groups is 1. The normalized spacial score (nSPS) is 14.3. The molecule has 98 valence electrons. The standard InChI is InChI=1S/C13H14N4O2/c14-9-3-1-8(2-4-9)7-11-16-12(17-19-11)13(18)15-10-5-6-10/h1-4,10H,5-7,14H2,(H,15,18). The summed E-state index contributed by atoms with van der Waals surface area (Å²) in [5.41, 5.74) is 7.33. The van der Waals surface area contributed by atoms with Gasteiger partial charge in [-0.2, -0.15) is 4.98 Å². The van der Waals surface area contributed by atoms with Crippen molar-refractivity contribution < 1.29 is 9.32 Å². The van der Waals surface area contributed by atoms with E-state index in [1.807, 2.05) is 24.3 Å². The molecule has 0 bridgehead atoms. The third-order valence-corrected chi connectivity index (χ3v) is 2.92. The molecule has 3 rings (SSSR count). The molecule has 0 spiro atoms. The molecule has 1 aromatic heterocycles. The van der Waals surface area contributed by atoms with E-state index in [-0.39, 0.29) is 17.8 Å². The molecular weight excluding hydrogens is 244 g/mol. The van der Waals surface area contributed by atoms with Gasteiger partial charge in [0.05, 0.1) is 6.42 Å². The molecule has 0 unspecified atom stereocenters. The summed E-state index contributed by atoms with van der Waals surface area (Å²) in [5.74, 6) is 0.248. The Balaban J connectivity index is 1.66. The molecule has 6 heteroatoms. The average molecular weight is 258 g/mol. The number of nitrogens with zero attached hydrogens (tertiary/aromatic N) is 2. The molecule has 1 amide bonds. The van der Waals surface area contributed by atoms with Gasteiger partial charge >= 0.3 is 0 Å². The molecule has 1 aliphatic carbocycles. The van der Waals surface area contributed by atoms with Crippen LogP contribution in [0.2, 0.25) is 0 Å². The topological polar surface area (TPSA) is 94.0 Å². The Morgan fingerprint density at radius 3 is 2.79 bits per heavy atom. The third-order valence-electron chi connectivity index (χ3n) is 2.92. The second-order valence-electron chi connectivity index (χ2n) is 4.68.